The van der Waals surface area contributed by atoms with E-state index in [-0.39, 0.29) is 0 Å². The summed E-state index contributed by atoms with van der Waals surface area (Å²) in [5.74, 6) is 1.80. The van der Waals surface area contributed by atoms with Crippen LogP contribution >= 0.6 is 11.6 Å². The second-order valence-corrected chi connectivity index (χ2v) is 4.58. The summed E-state index contributed by atoms with van der Waals surface area (Å²) >= 11 is 6.09. The Balaban J connectivity index is 1.76. The first-order valence-corrected chi connectivity index (χ1v) is 5.97. The van der Waals surface area contributed by atoms with Crippen molar-refractivity contribution >= 4 is 11.6 Å². The number of rotatable bonds is 3. The molecule has 1 aliphatic heterocycles. The van der Waals surface area contributed by atoms with E-state index in [9.17, 15) is 0 Å². The lowest BCUT2D eigenvalue weighted by molar-refractivity contribution is 0.306. The molecule has 0 saturated carbocycles. The molecule has 1 aliphatic rings. The third-order valence-corrected chi connectivity index (χ3v) is 3.29. The number of aromatic nitrogens is 2. The molecule has 0 atom stereocenters. The zero-order valence-corrected chi connectivity index (χ0v) is 9.94. The Hall–Kier alpha value is -1.39. The van der Waals surface area contributed by atoms with Crippen molar-refractivity contribution < 1.29 is 4.52 Å². The molecule has 17 heavy (non-hydrogen) atoms. The van der Waals surface area contributed by atoms with E-state index in [0.29, 0.717) is 18.2 Å². The van der Waals surface area contributed by atoms with Crippen molar-refractivity contribution in [2.75, 3.05) is 13.1 Å². The van der Waals surface area contributed by atoms with Crippen LogP contribution in [0.5, 0.6) is 0 Å². The van der Waals surface area contributed by atoms with Crippen molar-refractivity contribution in [3.8, 4) is 0 Å². The van der Waals surface area contributed by atoms with Crippen molar-refractivity contribution in [3.05, 3.63) is 46.6 Å². The monoisotopic (exact) mass is 249 g/mol. The fourth-order valence-electron chi connectivity index (χ4n) is 1.78. The van der Waals surface area contributed by atoms with E-state index in [1.54, 1.807) is 0 Å². The average Bonchev–Trinajstić information content (AvgIpc) is 2.67. The van der Waals surface area contributed by atoms with Gasteiger partial charge in [0.1, 0.15) is 0 Å². The van der Waals surface area contributed by atoms with E-state index in [2.05, 4.69) is 15.5 Å². The Bertz CT molecular complexity index is 522. The number of benzene rings is 1. The van der Waals surface area contributed by atoms with Crippen LogP contribution in [0.25, 0.3) is 0 Å². The van der Waals surface area contributed by atoms with Crippen LogP contribution in [0.3, 0.4) is 0 Å². The molecule has 4 nitrogen and oxygen atoms in total. The highest BCUT2D eigenvalue weighted by atomic mass is 35.5. The Morgan fingerprint density at radius 1 is 1.35 bits per heavy atom. The summed E-state index contributed by atoms with van der Waals surface area (Å²) in [6, 6.07) is 7.71. The Kier molecular flexibility index (Phi) is 2.82. The van der Waals surface area contributed by atoms with Crippen LogP contribution in [0.15, 0.2) is 28.8 Å². The second kappa shape index (κ2) is 4.47. The molecule has 1 N–H and O–H groups in total. The van der Waals surface area contributed by atoms with Gasteiger partial charge < -0.3 is 9.84 Å². The quantitative estimate of drug-likeness (QED) is 0.904. The molecule has 0 aliphatic carbocycles. The highest BCUT2D eigenvalue weighted by Crippen LogP contribution is 2.20. The van der Waals surface area contributed by atoms with Gasteiger partial charge in [0.2, 0.25) is 5.89 Å². The normalized spacial score (nSPS) is 15.8. The lowest BCUT2D eigenvalue weighted by atomic mass is 10.0. The number of hydrogen-bond acceptors (Lipinski definition) is 4. The third-order valence-electron chi connectivity index (χ3n) is 2.92. The van der Waals surface area contributed by atoms with Crippen LogP contribution in [0.1, 0.15) is 23.2 Å². The summed E-state index contributed by atoms with van der Waals surface area (Å²) in [6.07, 6.45) is 0.614. The maximum absolute atomic E-state index is 6.09. The lowest BCUT2D eigenvalue weighted by Gasteiger charge is -2.22. The van der Waals surface area contributed by atoms with Gasteiger partial charge in [-0.1, -0.05) is 35.0 Å². The molecule has 1 fully saturated rings. The van der Waals surface area contributed by atoms with Gasteiger partial charge in [0.15, 0.2) is 5.82 Å². The van der Waals surface area contributed by atoms with Gasteiger partial charge in [0.05, 0.1) is 5.92 Å². The molecule has 5 heteroatoms. The van der Waals surface area contributed by atoms with Gasteiger partial charge in [-0.2, -0.15) is 4.98 Å². The van der Waals surface area contributed by atoms with Crippen molar-refractivity contribution in [3.63, 3.8) is 0 Å². The molecular formula is C12H12ClN3O. The van der Waals surface area contributed by atoms with Crippen LogP contribution in [-0.2, 0) is 6.42 Å². The number of halogens is 1. The highest BCUT2D eigenvalue weighted by Gasteiger charge is 2.24. The zero-order chi connectivity index (χ0) is 11.7. The van der Waals surface area contributed by atoms with Crippen molar-refractivity contribution in [1.82, 2.24) is 15.5 Å². The predicted octanol–water partition coefficient (Wildman–Crippen LogP) is 2.00. The third kappa shape index (κ3) is 2.18. The van der Waals surface area contributed by atoms with Gasteiger partial charge in [-0.25, -0.2) is 0 Å². The van der Waals surface area contributed by atoms with E-state index in [1.807, 2.05) is 24.3 Å². The SMILES string of the molecule is Clc1ccccc1Cc1noc(C2CNC2)n1. The van der Waals surface area contributed by atoms with E-state index >= 15 is 0 Å². The fourth-order valence-corrected chi connectivity index (χ4v) is 1.98. The van der Waals surface area contributed by atoms with Gasteiger partial charge in [0, 0.05) is 24.5 Å². The molecule has 0 bridgehead atoms. The summed E-state index contributed by atoms with van der Waals surface area (Å²) in [5, 5.41) is 7.90. The van der Waals surface area contributed by atoms with Crippen LogP contribution < -0.4 is 5.32 Å². The van der Waals surface area contributed by atoms with Crippen molar-refractivity contribution in [1.29, 1.82) is 0 Å². The van der Waals surface area contributed by atoms with Gasteiger partial charge >= 0.3 is 0 Å². The molecule has 0 radical (unpaired) electrons. The summed E-state index contributed by atoms with van der Waals surface area (Å²) in [5.41, 5.74) is 1.02. The largest absolute Gasteiger partial charge is 0.339 e. The minimum atomic E-state index is 0.377. The van der Waals surface area contributed by atoms with E-state index in [1.165, 1.54) is 0 Å². The molecule has 3 rings (SSSR count). The average molecular weight is 250 g/mol. The van der Waals surface area contributed by atoms with Gasteiger partial charge in [-0.05, 0) is 11.6 Å². The molecule has 0 unspecified atom stereocenters. The zero-order valence-electron chi connectivity index (χ0n) is 9.19. The van der Waals surface area contributed by atoms with Crippen LogP contribution in [0, 0.1) is 0 Å². The van der Waals surface area contributed by atoms with Crippen LogP contribution in [-0.4, -0.2) is 23.2 Å². The first-order chi connectivity index (χ1) is 8.33. The van der Waals surface area contributed by atoms with E-state index in [0.717, 1.165) is 29.6 Å². The van der Waals surface area contributed by atoms with Crippen LogP contribution in [0.2, 0.25) is 5.02 Å². The van der Waals surface area contributed by atoms with Gasteiger partial charge in [-0.3, -0.25) is 0 Å². The molecular weight excluding hydrogens is 238 g/mol. The van der Waals surface area contributed by atoms with Gasteiger partial charge in [0.25, 0.3) is 0 Å². The molecule has 0 amide bonds. The molecule has 1 saturated heterocycles. The summed E-state index contributed by atoms with van der Waals surface area (Å²) < 4.78 is 5.24. The molecule has 1 aromatic carbocycles. The van der Waals surface area contributed by atoms with Gasteiger partial charge in [-0.15, -0.1) is 0 Å². The Morgan fingerprint density at radius 3 is 2.88 bits per heavy atom. The van der Waals surface area contributed by atoms with Crippen molar-refractivity contribution in [2.45, 2.75) is 12.3 Å². The topological polar surface area (TPSA) is 51.0 Å². The molecule has 0 spiro atoms. The summed E-state index contributed by atoms with van der Waals surface area (Å²) in [4.78, 5) is 4.39. The summed E-state index contributed by atoms with van der Waals surface area (Å²) in [7, 11) is 0. The maximum atomic E-state index is 6.09. The van der Waals surface area contributed by atoms with E-state index < -0.39 is 0 Å². The summed E-state index contributed by atoms with van der Waals surface area (Å²) in [6.45, 7) is 1.85. The van der Waals surface area contributed by atoms with E-state index in [4.69, 9.17) is 16.1 Å². The highest BCUT2D eigenvalue weighted by molar-refractivity contribution is 6.31. The number of nitrogens with one attached hydrogen (secondary N) is 1. The second-order valence-electron chi connectivity index (χ2n) is 4.17. The Labute approximate surface area is 104 Å². The minimum Gasteiger partial charge on any atom is -0.339 e. The first-order valence-electron chi connectivity index (χ1n) is 5.59. The number of nitrogens with zero attached hydrogens (tertiary/aromatic N) is 2. The van der Waals surface area contributed by atoms with Crippen molar-refractivity contribution in [2.24, 2.45) is 0 Å². The molecule has 2 heterocycles. The minimum absolute atomic E-state index is 0.377. The molecule has 1 aromatic heterocycles. The Morgan fingerprint density at radius 2 is 2.18 bits per heavy atom. The fraction of sp³-hybridized carbons (Fsp3) is 0.333. The smallest absolute Gasteiger partial charge is 0.232 e. The van der Waals surface area contributed by atoms with Crippen LogP contribution in [0.4, 0.5) is 0 Å². The standard InChI is InChI=1S/C12H12ClN3O/c13-10-4-2-1-3-8(10)5-11-15-12(17-16-11)9-6-14-7-9/h1-4,9,14H,5-7H2. The molecule has 88 valence electrons. The molecule has 2 aromatic rings. The number of hydrogen-bond donors (Lipinski definition) is 1. The lowest BCUT2D eigenvalue weighted by Crippen LogP contribution is -2.40. The maximum Gasteiger partial charge on any atom is 0.232 e. The first kappa shape index (κ1) is 10.7. The predicted molar refractivity (Wildman–Crippen MR) is 64.2 cm³/mol.